The summed E-state index contributed by atoms with van der Waals surface area (Å²) in [6.45, 7) is 13.5. The van der Waals surface area contributed by atoms with Crippen molar-refractivity contribution in [1.82, 2.24) is 29.6 Å². The number of nitrogens with one attached hydrogen (secondary N) is 1. The summed E-state index contributed by atoms with van der Waals surface area (Å²) in [4.78, 5) is 17.8. The molecule has 1 aliphatic rings. The third-order valence-corrected chi connectivity index (χ3v) is 11.1. The van der Waals surface area contributed by atoms with E-state index in [4.69, 9.17) is 9.15 Å². The van der Waals surface area contributed by atoms with Crippen LogP contribution < -0.4 is 10.1 Å². The van der Waals surface area contributed by atoms with E-state index in [1.807, 2.05) is 58.4 Å². The molecule has 0 saturated heterocycles. The quantitative estimate of drug-likeness (QED) is 0.151. The summed E-state index contributed by atoms with van der Waals surface area (Å²) < 4.78 is 38.3. The molecule has 2 aromatic heterocycles. The monoisotopic (exact) mass is 658 g/mol. The van der Waals surface area contributed by atoms with Gasteiger partial charge in [0.1, 0.15) is 28.5 Å². The molecule has 3 aromatic carbocycles. The molecule has 0 saturated carbocycles. The molecule has 0 spiro atoms. The Morgan fingerprint density at radius 3 is 2.64 bits per heavy atom. The van der Waals surface area contributed by atoms with Crippen LogP contribution in [-0.4, -0.2) is 57.5 Å². The molecule has 2 atom stereocenters. The number of amides is 1. The maximum absolute atomic E-state index is 13.3. The van der Waals surface area contributed by atoms with E-state index in [-0.39, 0.29) is 30.2 Å². The molecule has 3 heterocycles. The van der Waals surface area contributed by atoms with Crippen molar-refractivity contribution in [3.8, 4) is 5.75 Å². The minimum atomic E-state index is -3.35. The summed E-state index contributed by atoms with van der Waals surface area (Å²) in [7, 11) is -3.35. The van der Waals surface area contributed by atoms with Gasteiger partial charge in [-0.15, -0.1) is 15.9 Å². The van der Waals surface area contributed by atoms with Crippen molar-refractivity contribution in [2.45, 2.75) is 83.5 Å². The predicted molar refractivity (Wildman–Crippen MR) is 182 cm³/mol. The molecule has 1 amide bonds. The van der Waals surface area contributed by atoms with Crippen LogP contribution in [0, 0.1) is 13.8 Å². The molecule has 0 bridgehead atoms. The zero-order chi connectivity index (χ0) is 33.5. The smallest absolute Gasteiger partial charge is 0.273 e. The Kier molecular flexibility index (Phi) is 8.88. The Morgan fingerprint density at radius 1 is 1.13 bits per heavy atom. The topological polar surface area (TPSA) is 139 Å². The fraction of sp³-hybridized carbons (Fsp3) is 0.371. The maximum Gasteiger partial charge on any atom is 0.273 e. The highest BCUT2D eigenvalue weighted by atomic mass is 32.3. The predicted octanol–water partition coefficient (Wildman–Crippen LogP) is 7.09. The third kappa shape index (κ3) is 6.14. The van der Waals surface area contributed by atoms with Crippen molar-refractivity contribution >= 4 is 27.7 Å². The number of carbonyl (C=O) groups excluding carboxylic acids is 1. The number of ether oxygens (including phenoxy) is 1. The molecule has 47 heavy (non-hydrogen) atoms. The first-order chi connectivity index (χ1) is 22.4. The lowest BCUT2D eigenvalue weighted by atomic mass is 9.74. The average molecular weight is 659 g/mol. The van der Waals surface area contributed by atoms with Gasteiger partial charge in [0.2, 0.25) is 0 Å². The minimum absolute atomic E-state index is 0.193. The number of fused-ring (bicyclic) bond motifs is 2. The Balaban J connectivity index is 1.44. The van der Waals surface area contributed by atoms with Gasteiger partial charge in [-0.25, -0.2) is 9.67 Å². The second-order valence-corrected chi connectivity index (χ2v) is 14.7. The van der Waals surface area contributed by atoms with E-state index in [0.717, 1.165) is 38.9 Å². The van der Waals surface area contributed by atoms with Crippen molar-refractivity contribution in [1.29, 1.82) is 0 Å². The number of rotatable bonds is 9. The standard InChI is InChI=1S/C35H42N6O5S/c1-7-26-19-40(47(43,44)31-12-10-9-11-30(31)46-26)18-25-17-24(14-13-22(25)3)32(35(5,6)37-34(42)28-20-45-21-36-28)27-15-16-29-33(23(27)4)38-39-41(29)8-2/h9-17,20-21,26,32,43-44H,7-8,18-19H2,1-6H3,(H,37,42)/t26?,32-/m0/s1. The van der Waals surface area contributed by atoms with E-state index >= 15 is 0 Å². The Morgan fingerprint density at radius 2 is 1.91 bits per heavy atom. The van der Waals surface area contributed by atoms with Crippen molar-refractivity contribution in [2.75, 3.05) is 6.54 Å². The number of nitrogens with zero attached hydrogens (tertiary/aromatic N) is 5. The van der Waals surface area contributed by atoms with Crippen LogP contribution in [-0.2, 0) is 13.1 Å². The molecule has 0 aliphatic carbocycles. The number of para-hydroxylation sites is 1. The summed E-state index contributed by atoms with van der Waals surface area (Å²) in [5.74, 6) is -0.173. The summed E-state index contributed by atoms with van der Waals surface area (Å²) in [5.41, 5.74) is 6.01. The zero-order valence-electron chi connectivity index (χ0n) is 27.6. The maximum atomic E-state index is 13.3. The van der Waals surface area contributed by atoms with E-state index in [1.165, 1.54) is 12.7 Å². The Hall–Kier alpha value is -4.23. The Bertz CT molecular complexity index is 1900. The van der Waals surface area contributed by atoms with Crippen LogP contribution in [0.3, 0.4) is 0 Å². The fourth-order valence-electron chi connectivity index (χ4n) is 6.53. The minimum Gasteiger partial charge on any atom is -0.487 e. The molecule has 0 fully saturated rings. The molecule has 12 heteroatoms. The average Bonchev–Trinajstić information content (AvgIpc) is 3.72. The summed E-state index contributed by atoms with van der Waals surface area (Å²) in [6, 6.07) is 17.5. The highest BCUT2D eigenvalue weighted by Crippen LogP contribution is 2.57. The highest BCUT2D eigenvalue weighted by Gasteiger charge is 2.38. The number of benzene rings is 3. The number of oxazole rings is 1. The first-order valence-corrected chi connectivity index (χ1v) is 17.4. The van der Waals surface area contributed by atoms with Gasteiger partial charge in [0.25, 0.3) is 5.91 Å². The fourth-order valence-corrected chi connectivity index (χ4v) is 8.15. The van der Waals surface area contributed by atoms with Crippen LogP contribution in [0.1, 0.15) is 78.3 Å². The molecule has 1 aliphatic heterocycles. The highest BCUT2D eigenvalue weighted by molar-refractivity contribution is 8.22. The Labute approximate surface area is 276 Å². The van der Waals surface area contributed by atoms with E-state index < -0.39 is 16.3 Å². The molecule has 5 aromatic rings. The second kappa shape index (κ2) is 12.8. The number of carbonyl (C=O) groups is 1. The molecule has 3 N–H and O–H groups in total. The number of hydrogen-bond donors (Lipinski definition) is 3. The van der Waals surface area contributed by atoms with Gasteiger partial charge in [-0.3, -0.25) is 13.9 Å². The largest absolute Gasteiger partial charge is 0.487 e. The van der Waals surface area contributed by atoms with Crippen molar-refractivity contribution in [2.24, 2.45) is 0 Å². The van der Waals surface area contributed by atoms with E-state index in [2.05, 4.69) is 44.9 Å². The first kappa shape index (κ1) is 32.7. The van der Waals surface area contributed by atoms with E-state index in [9.17, 15) is 13.9 Å². The van der Waals surface area contributed by atoms with Gasteiger partial charge >= 0.3 is 0 Å². The van der Waals surface area contributed by atoms with Gasteiger partial charge in [-0.05, 0) is 87.1 Å². The van der Waals surface area contributed by atoms with Crippen molar-refractivity contribution in [3.63, 3.8) is 0 Å². The molecule has 6 rings (SSSR count). The van der Waals surface area contributed by atoms with Crippen LogP contribution in [0.4, 0.5) is 0 Å². The lowest BCUT2D eigenvalue weighted by Gasteiger charge is -2.42. The lowest BCUT2D eigenvalue weighted by molar-refractivity contribution is 0.0900. The summed E-state index contributed by atoms with van der Waals surface area (Å²) in [5, 5.41) is 12.1. The van der Waals surface area contributed by atoms with Crippen LogP contribution in [0.15, 0.2) is 76.6 Å². The van der Waals surface area contributed by atoms with Crippen molar-refractivity contribution < 1.29 is 23.1 Å². The number of aromatic nitrogens is 4. The lowest BCUT2D eigenvalue weighted by Crippen LogP contribution is -2.48. The van der Waals surface area contributed by atoms with E-state index in [0.29, 0.717) is 30.2 Å². The normalized spacial score (nSPS) is 17.8. The van der Waals surface area contributed by atoms with Crippen LogP contribution in [0.5, 0.6) is 5.75 Å². The van der Waals surface area contributed by atoms with Gasteiger partial charge < -0.3 is 14.5 Å². The number of aryl methyl sites for hydroxylation is 3. The van der Waals surface area contributed by atoms with Gasteiger partial charge in [-0.1, -0.05) is 48.5 Å². The summed E-state index contributed by atoms with van der Waals surface area (Å²) in [6.07, 6.45) is 3.07. The zero-order valence-corrected chi connectivity index (χ0v) is 28.4. The van der Waals surface area contributed by atoms with Crippen LogP contribution in [0.2, 0.25) is 0 Å². The van der Waals surface area contributed by atoms with Crippen LogP contribution >= 0.6 is 10.8 Å². The molecule has 1 unspecified atom stereocenters. The molecular formula is C35H42N6O5S. The van der Waals surface area contributed by atoms with Gasteiger partial charge in [0, 0.05) is 24.5 Å². The molecule has 11 nitrogen and oxygen atoms in total. The molecule has 248 valence electrons. The first-order valence-electron chi connectivity index (χ1n) is 15.9. The molecular weight excluding hydrogens is 616 g/mol. The van der Waals surface area contributed by atoms with Crippen molar-refractivity contribution in [3.05, 3.63) is 101 Å². The second-order valence-electron chi connectivity index (χ2n) is 12.7. The van der Waals surface area contributed by atoms with Gasteiger partial charge in [-0.2, -0.15) is 4.31 Å². The van der Waals surface area contributed by atoms with Crippen LogP contribution in [0.25, 0.3) is 11.0 Å². The molecule has 0 radical (unpaired) electrons. The number of hydrogen-bond acceptors (Lipinski definition) is 9. The SMILES string of the molecule is CCC1CN(Cc2cc([C@@H](c3ccc4c(nnn4CC)c3C)C(C)(C)NC(=O)c3cocn3)ccc2C)S(O)(O)c2ccccc2O1. The van der Waals surface area contributed by atoms with E-state index in [1.54, 1.807) is 22.5 Å². The third-order valence-electron chi connectivity index (χ3n) is 9.13. The summed E-state index contributed by atoms with van der Waals surface area (Å²) >= 11 is 0. The van der Waals surface area contributed by atoms with Gasteiger partial charge in [0.15, 0.2) is 12.1 Å². The van der Waals surface area contributed by atoms with Gasteiger partial charge in [0.05, 0.1) is 12.1 Å².